The van der Waals surface area contributed by atoms with Gasteiger partial charge in [0, 0.05) is 0 Å². The van der Waals surface area contributed by atoms with Crippen molar-refractivity contribution in [2.45, 2.75) is 0 Å². The predicted octanol–water partition coefficient (Wildman–Crippen LogP) is -3.20. The van der Waals surface area contributed by atoms with Gasteiger partial charge in [-0.1, -0.05) is 0 Å². The summed E-state index contributed by atoms with van der Waals surface area (Å²) in [5, 5.41) is 0. The summed E-state index contributed by atoms with van der Waals surface area (Å²) in [5.74, 6) is -5.23. The first-order valence-corrected chi connectivity index (χ1v) is 7.61. The van der Waals surface area contributed by atoms with Gasteiger partial charge < -0.3 is 5.48 Å². The van der Waals surface area contributed by atoms with Gasteiger partial charge in [-0.3, -0.25) is 0 Å². The van der Waals surface area contributed by atoms with Gasteiger partial charge in [-0.05, 0) is 0 Å². The molecule has 2 fully saturated rings. The summed E-state index contributed by atoms with van der Waals surface area (Å²) in [7, 11) is 0. The molecular formula is C4H2O9Sn. The van der Waals surface area contributed by atoms with E-state index in [4.69, 9.17) is 0 Å². The van der Waals surface area contributed by atoms with E-state index in [0.29, 0.717) is 0 Å². The third-order valence-corrected chi connectivity index (χ3v) is 6.17. The molecule has 0 radical (unpaired) electrons. The number of hydrogen-bond donors (Lipinski definition) is 0. The Bertz CT molecular complexity index is 275. The zero-order valence-corrected chi connectivity index (χ0v) is 9.12. The van der Waals surface area contributed by atoms with Gasteiger partial charge in [-0.2, -0.15) is 0 Å². The van der Waals surface area contributed by atoms with Crippen molar-refractivity contribution in [3.8, 4) is 0 Å². The van der Waals surface area contributed by atoms with E-state index in [1.807, 2.05) is 0 Å². The Morgan fingerprint density at radius 3 is 1.07 bits per heavy atom. The Balaban J connectivity index is 0.000000980. The zero-order valence-electron chi connectivity index (χ0n) is 6.27. The fourth-order valence-corrected chi connectivity index (χ4v) is 5.00. The third kappa shape index (κ3) is 1.39. The van der Waals surface area contributed by atoms with Crippen LogP contribution in [0.5, 0.6) is 0 Å². The first-order chi connectivity index (χ1) is 6.02. The summed E-state index contributed by atoms with van der Waals surface area (Å²) < 4.78 is 17.1. The second kappa shape index (κ2) is 3.09. The molecule has 2 heterocycles. The van der Waals surface area contributed by atoms with Gasteiger partial charge >= 0.3 is 75.4 Å². The topological polar surface area (TPSA) is 137 Å². The first-order valence-electron chi connectivity index (χ1n) is 2.95. The summed E-state index contributed by atoms with van der Waals surface area (Å²) in [6.45, 7) is 0. The van der Waals surface area contributed by atoms with Crippen LogP contribution >= 0.6 is 0 Å². The molecule has 2 aliphatic heterocycles. The standard InChI is InChI=1S/2C2H2O4.H2O.Sn/c2*3-1(4)2(5)6;;/h2*(H,3,4)(H,5,6);1H2;/q;;;+4/p-4. The van der Waals surface area contributed by atoms with E-state index in [1.165, 1.54) is 0 Å². The van der Waals surface area contributed by atoms with Crippen LogP contribution in [-0.4, -0.2) is 49.4 Å². The average molecular weight is 313 g/mol. The molecule has 0 bridgehead atoms. The molecule has 76 valence electrons. The number of hydrogen-bond acceptors (Lipinski definition) is 8. The Morgan fingerprint density at radius 1 is 0.643 bits per heavy atom. The van der Waals surface area contributed by atoms with Crippen molar-refractivity contribution in [3.63, 3.8) is 0 Å². The summed E-state index contributed by atoms with van der Waals surface area (Å²) in [6.07, 6.45) is 0. The minimum absolute atomic E-state index is 0. The summed E-state index contributed by atoms with van der Waals surface area (Å²) in [5.41, 5.74) is 0. The van der Waals surface area contributed by atoms with Crippen LogP contribution in [0, 0.1) is 0 Å². The molecule has 0 aliphatic carbocycles. The minimum atomic E-state index is -4.89. The Morgan fingerprint density at radius 2 is 0.857 bits per heavy atom. The predicted molar refractivity (Wildman–Crippen MR) is 33.7 cm³/mol. The van der Waals surface area contributed by atoms with E-state index < -0.39 is 43.9 Å². The molecule has 0 aromatic rings. The molecule has 2 rings (SSSR count). The Hall–Kier alpha value is -1.36. The molecule has 2 saturated heterocycles. The first kappa shape index (κ1) is 10.7. The van der Waals surface area contributed by atoms with Crippen LogP contribution in [0.2, 0.25) is 0 Å². The van der Waals surface area contributed by atoms with Gasteiger partial charge in [-0.25, -0.2) is 0 Å². The summed E-state index contributed by atoms with van der Waals surface area (Å²) in [4.78, 5) is 42.1. The van der Waals surface area contributed by atoms with Gasteiger partial charge in [0.15, 0.2) is 0 Å². The second-order valence-corrected chi connectivity index (χ2v) is 7.24. The molecule has 0 unspecified atom stereocenters. The van der Waals surface area contributed by atoms with E-state index >= 15 is 0 Å². The van der Waals surface area contributed by atoms with E-state index in [-0.39, 0.29) is 5.48 Å². The SMILES string of the molecule is O.O=C1[O][Sn]2([O]C1=O)[O]C(=O)C(=O)[O]2. The van der Waals surface area contributed by atoms with Gasteiger partial charge in [0.1, 0.15) is 0 Å². The van der Waals surface area contributed by atoms with Crippen molar-refractivity contribution < 1.29 is 37.0 Å². The van der Waals surface area contributed by atoms with E-state index in [9.17, 15) is 19.2 Å². The van der Waals surface area contributed by atoms with Crippen molar-refractivity contribution in [3.05, 3.63) is 0 Å². The Labute approximate surface area is 81.2 Å². The van der Waals surface area contributed by atoms with Crippen LogP contribution < -0.4 is 0 Å². The molecule has 1 spiro atoms. The zero-order chi connectivity index (χ0) is 9.64. The van der Waals surface area contributed by atoms with Gasteiger partial charge in [-0.15, -0.1) is 0 Å². The quantitative estimate of drug-likeness (QED) is 0.337. The van der Waals surface area contributed by atoms with E-state index in [1.54, 1.807) is 0 Å². The van der Waals surface area contributed by atoms with Crippen molar-refractivity contribution in [2.24, 2.45) is 0 Å². The van der Waals surface area contributed by atoms with Gasteiger partial charge in [0.05, 0.1) is 0 Å². The average Bonchev–Trinajstić information content (AvgIpc) is 2.39. The summed E-state index contributed by atoms with van der Waals surface area (Å²) >= 11 is -4.89. The number of rotatable bonds is 0. The molecule has 0 saturated carbocycles. The van der Waals surface area contributed by atoms with Crippen LogP contribution in [0.25, 0.3) is 0 Å². The molecular weight excluding hydrogens is 311 g/mol. The second-order valence-electron chi connectivity index (χ2n) is 2.06. The molecule has 2 N–H and O–H groups in total. The van der Waals surface area contributed by atoms with Crippen molar-refractivity contribution in [2.75, 3.05) is 0 Å². The maximum absolute atomic E-state index is 10.5. The van der Waals surface area contributed by atoms with Crippen LogP contribution in [-0.2, 0) is 31.5 Å². The van der Waals surface area contributed by atoms with Crippen LogP contribution in [0.15, 0.2) is 0 Å². The van der Waals surface area contributed by atoms with Crippen LogP contribution in [0.4, 0.5) is 0 Å². The fraction of sp³-hybridized carbons (Fsp3) is 0. The molecule has 0 amide bonds. The maximum atomic E-state index is 10.5. The monoisotopic (exact) mass is 314 g/mol. The van der Waals surface area contributed by atoms with Gasteiger partial charge in [0.25, 0.3) is 0 Å². The molecule has 9 nitrogen and oxygen atoms in total. The van der Waals surface area contributed by atoms with Crippen LogP contribution in [0.1, 0.15) is 0 Å². The van der Waals surface area contributed by atoms with Crippen molar-refractivity contribution in [1.29, 1.82) is 0 Å². The summed E-state index contributed by atoms with van der Waals surface area (Å²) in [6, 6.07) is 0. The molecule has 10 heteroatoms. The molecule has 0 aromatic carbocycles. The number of carbonyl (C=O) groups is 4. The van der Waals surface area contributed by atoms with Crippen molar-refractivity contribution in [1.82, 2.24) is 0 Å². The normalized spacial score (nSPS) is 22.3. The molecule has 14 heavy (non-hydrogen) atoms. The third-order valence-electron chi connectivity index (χ3n) is 1.20. The van der Waals surface area contributed by atoms with Crippen LogP contribution in [0.3, 0.4) is 0 Å². The van der Waals surface area contributed by atoms with E-state index in [2.05, 4.69) is 12.3 Å². The molecule has 0 aromatic heterocycles. The fourth-order valence-electron chi connectivity index (χ4n) is 0.746. The number of carbonyl (C=O) groups excluding carboxylic acids is 4. The molecule has 2 aliphatic rings. The van der Waals surface area contributed by atoms with Crippen molar-refractivity contribution >= 4 is 43.9 Å². The van der Waals surface area contributed by atoms with Gasteiger partial charge in [0.2, 0.25) is 0 Å². The molecule has 0 atom stereocenters. The Kier molecular flexibility index (Phi) is 2.37. The van der Waals surface area contributed by atoms with E-state index in [0.717, 1.165) is 0 Å².